The number of hydrogen-bond donors (Lipinski definition) is 0. The largest absolute Gasteiger partial charge is 0.611 e. The molecule has 1 aromatic carbocycles. The van der Waals surface area contributed by atoms with E-state index < -0.39 is 27.7 Å². The molecule has 0 aliphatic carbocycles. The van der Waals surface area contributed by atoms with Crippen LogP contribution in [0.5, 0.6) is 0 Å². The van der Waals surface area contributed by atoms with Gasteiger partial charge in [-0.05, 0) is 44.1 Å². The van der Waals surface area contributed by atoms with Crippen LogP contribution in [-0.4, -0.2) is 9.30 Å². The summed E-state index contributed by atoms with van der Waals surface area (Å²) >= 11 is -1.45. The topological polar surface area (TPSA) is 23.1 Å². The van der Waals surface area contributed by atoms with E-state index in [-0.39, 0.29) is 4.90 Å². The number of halogens is 3. The molecule has 1 nitrogen and oxygen atoms in total. The van der Waals surface area contributed by atoms with Gasteiger partial charge in [-0.25, -0.2) is 0 Å². The Labute approximate surface area is 95.8 Å². The molecule has 0 bridgehead atoms. The molecule has 0 spiro atoms. The van der Waals surface area contributed by atoms with Crippen LogP contribution >= 0.6 is 0 Å². The molecule has 0 fully saturated rings. The molecule has 0 radical (unpaired) electrons. The highest BCUT2D eigenvalue weighted by Gasteiger charge is 2.34. The van der Waals surface area contributed by atoms with Crippen LogP contribution in [0, 0.1) is 0 Å². The van der Waals surface area contributed by atoms with Crippen LogP contribution in [0.15, 0.2) is 29.2 Å². The summed E-state index contributed by atoms with van der Waals surface area (Å²) in [7, 11) is 0. The lowest BCUT2D eigenvalue weighted by Crippen LogP contribution is -2.28. The van der Waals surface area contributed by atoms with Crippen LogP contribution in [0.3, 0.4) is 0 Å². The molecule has 0 heterocycles. The van der Waals surface area contributed by atoms with Gasteiger partial charge in [-0.15, -0.1) is 0 Å². The van der Waals surface area contributed by atoms with Gasteiger partial charge in [0, 0.05) is 6.07 Å². The van der Waals surface area contributed by atoms with E-state index in [4.69, 9.17) is 0 Å². The molecule has 90 valence electrons. The van der Waals surface area contributed by atoms with Crippen LogP contribution in [0.4, 0.5) is 13.2 Å². The average molecular weight is 250 g/mol. The third-order valence-corrected chi connectivity index (χ3v) is 3.73. The quantitative estimate of drug-likeness (QED) is 0.698. The summed E-state index contributed by atoms with van der Waals surface area (Å²) in [6.07, 6.45) is -4.39. The molecule has 1 unspecified atom stereocenters. The maximum absolute atomic E-state index is 12.4. The summed E-state index contributed by atoms with van der Waals surface area (Å²) < 4.78 is 48.6. The molecule has 0 aromatic heterocycles. The number of alkyl halides is 3. The first kappa shape index (κ1) is 13.4. The molecule has 0 amide bonds. The zero-order chi connectivity index (χ0) is 12.6. The van der Waals surface area contributed by atoms with E-state index in [1.807, 2.05) is 0 Å². The molecule has 0 N–H and O–H groups in total. The van der Waals surface area contributed by atoms with E-state index in [9.17, 15) is 17.7 Å². The summed E-state index contributed by atoms with van der Waals surface area (Å²) in [5.74, 6) is 0. The molecule has 16 heavy (non-hydrogen) atoms. The highest BCUT2D eigenvalue weighted by Crippen LogP contribution is 2.32. The fourth-order valence-electron chi connectivity index (χ4n) is 1.14. The second-order valence-corrected chi connectivity index (χ2v) is 6.64. The minimum Gasteiger partial charge on any atom is -0.611 e. The molecule has 0 saturated heterocycles. The van der Waals surface area contributed by atoms with Gasteiger partial charge >= 0.3 is 6.18 Å². The van der Waals surface area contributed by atoms with Gasteiger partial charge < -0.3 is 4.55 Å². The molecule has 1 rings (SSSR count). The fourth-order valence-corrected chi connectivity index (χ4v) is 2.28. The van der Waals surface area contributed by atoms with Crippen molar-refractivity contribution in [1.29, 1.82) is 0 Å². The molecular weight excluding hydrogens is 237 g/mol. The Morgan fingerprint density at radius 2 is 1.69 bits per heavy atom. The van der Waals surface area contributed by atoms with E-state index in [0.717, 1.165) is 12.1 Å². The van der Waals surface area contributed by atoms with Gasteiger partial charge in [0.2, 0.25) is 0 Å². The van der Waals surface area contributed by atoms with E-state index in [1.54, 1.807) is 20.8 Å². The van der Waals surface area contributed by atoms with Crippen molar-refractivity contribution in [2.24, 2.45) is 0 Å². The number of benzene rings is 1. The van der Waals surface area contributed by atoms with Gasteiger partial charge in [-0.3, -0.25) is 0 Å². The van der Waals surface area contributed by atoms with E-state index in [2.05, 4.69) is 0 Å². The Kier molecular flexibility index (Phi) is 3.59. The Hall–Kier alpha value is -0.680. The maximum Gasteiger partial charge on any atom is 0.416 e. The molecule has 0 aliphatic rings. The molecule has 5 heteroatoms. The van der Waals surface area contributed by atoms with E-state index in [1.165, 1.54) is 12.1 Å². The van der Waals surface area contributed by atoms with Crippen LogP contribution in [0.2, 0.25) is 0 Å². The summed E-state index contributed by atoms with van der Waals surface area (Å²) in [4.78, 5) is 0.210. The molecule has 0 aliphatic heterocycles. The normalized spacial score (nSPS) is 14.9. The summed E-state index contributed by atoms with van der Waals surface area (Å²) in [6.45, 7) is 5.18. The summed E-state index contributed by atoms with van der Waals surface area (Å²) in [5, 5.41) is 0. The highest BCUT2D eigenvalue weighted by atomic mass is 32.2. The third kappa shape index (κ3) is 3.15. The standard InChI is InChI=1S/C11H13F3OS/c1-10(2,3)16(15)9-6-4-5-8(7-9)11(12,13)14/h4-7H,1-3H3. The van der Waals surface area contributed by atoms with Gasteiger partial charge in [0.05, 0.1) is 5.56 Å². The predicted octanol–water partition coefficient (Wildman–Crippen LogP) is 3.61. The van der Waals surface area contributed by atoms with Crippen molar-refractivity contribution < 1.29 is 17.7 Å². The predicted molar refractivity (Wildman–Crippen MR) is 57.6 cm³/mol. The van der Waals surface area contributed by atoms with Gasteiger partial charge in [-0.1, -0.05) is 6.07 Å². The Bertz CT molecular complexity index is 368. The minimum absolute atomic E-state index is 0.210. The van der Waals surface area contributed by atoms with Crippen LogP contribution in [0.1, 0.15) is 26.3 Å². The lowest BCUT2D eigenvalue weighted by Gasteiger charge is -2.24. The van der Waals surface area contributed by atoms with Crippen LogP contribution in [-0.2, 0) is 17.4 Å². The van der Waals surface area contributed by atoms with Crippen molar-refractivity contribution in [2.75, 3.05) is 0 Å². The monoisotopic (exact) mass is 250 g/mol. The van der Waals surface area contributed by atoms with E-state index in [0.29, 0.717) is 0 Å². The fraction of sp³-hybridized carbons (Fsp3) is 0.455. The maximum atomic E-state index is 12.4. The molecule has 1 aromatic rings. The summed E-state index contributed by atoms with van der Waals surface area (Å²) in [6, 6.07) is 4.66. The highest BCUT2D eigenvalue weighted by molar-refractivity contribution is 7.92. The van der Waals surface area contributed by atoms with Crippen LogP contribution < -0.4 is 0 Å². The number of rotatable bonds is 1. The first-order valence-corrected chi connectivity index (χ1v) is 5.86. The van der Waals surface area contributed by atoms with Gasteiger partial charge in [-0.2, -0.15) is 13.2 Å². The second-order valence-electron chi connectivity index (χ2n) is 4.41. The third-order valence-electron chi connectivity index (χ3n) is 1.93. The van der Waals surface area contributed by atoms with E-state index >= 15 is 0 Å². The van der Waals surface area contributed by atoms with Crippen molar-refractivity contribution >= 4 is 11.2 Å². The van der Waals surface area contributed by atoms with Gasteiger partial charge in [0.15, 0.2) is 4.90 Å². The average Bonchev–Trinajstić information content (AvgIpc) is 2.14. The lowest BCUT2D eigenvalue weighted by molar-refractivity contribution is -0.137. The Morgan fingerprint density at radius 1 is 1.12 bits per heavy atom. The lowest BCUT2D eigenvalue weighted by atomic mass is 10.2. The zero-order valence-corrected chi connectivity index (χ0v) is 10.1. The zero-order valence-electron chi connectivity index (χ0n) is 9.26. The second kappa shape index (κ2) is 4.30. The molecule has 1 atom stereocenters. The van der Waals surface area contributed by atoms with Crippen LogP contribution in [0.25, 0.3) is 0 Å². The van der Waals surface area contributed by atoms with Gasteiger partial charge in [0.25, 0.3) is 0 Å². The van der Waals surface area contributed by atoms with Crippen molar-refractivity contribution in [2.45, 2.75) is 36.6 Å². The van der Waals surface area contributed by atoms with Crippen molar-refractivity contribution in [1.82, 2.24) is 0 Å². The molecule has 0 saturated carbocycles. The smallest absolute Gasteiger partial charge is 0.416 e. The minimum atomic E-state index is -4.39. The van der Waals surface area contributed by atoms with Crippen molar-refractivity contribution in [3.63, 3.8) is 0 Å². The Balaban J connectivity index is 3.09. The first-order chi connectivity index (χ1) is 7.12. The Morgan fingerprint density at radius 3 is 2.12 bits per heavy atom. The summed E-state index contributed by atoms with van der Waals surface area (Å²) in [5.41, 5.74) is -0.761. The van der Waals surface area contributed by atoms with Gasteiger partial charge in [0.1, 0.15) is 4.75 Å². The van der Waals surface area contributed by atoms with Crippen molar-refractivity contribution in [3.05, 3.63) is 29.8 Å². The molecular formula is C11H13F3OS. The number of hydrogen-bond acceptors (Lipinski definition) is 1. The first-order valence-electron chi connectivity index (χ1n) is 4.71. The van der Waals surface area contributed by atoms with Crippen molar-refractivity contribution in [3.8, 4) is 0 Å². The SMILES string of the molecule is CC(C)(C)[S+]([O-])c1cccc(C(F)(F)F)c1.